The Morgan fingerprint density at radius 1 is 1.42 bits per heavy atom. The van der Waals surface area contributed by atoms with Crippen molar-refractivity contribution in [3.63, 3.8) is 0 Å². The molecule has 2 rings (SSSR count). The van der Waals surface area contributed by atoms with Crippen LogP contribution in [0.1, 0.15) is 25.7 Å². The van der Waals surface area contributed by atoms with Crippen LogP contribution in [-0.4, -0.2) is 32.4 Å². The van der Waals surface area contributed by atoms with Crippen LogP contribution in [0.15, 0.2) is 24.3 Å². The summed E-state index contributed by atoms with van der Waals surface area (Å²) in [5.41, 5.74) is 7.02. The Labute approximate surface area is 115 Å². The van der Waals surface area contributed by atoms with Gasteiger partial charge in [0, 0.05) is 25.4 Å². The van der Waals surface area contributed by atoms with Gasteiger partial charge in [0.05, 0.1) is 18.8 Å². The lowest BCUT2D eigenvalue weighted by Crippen LogP contribution is -2.50. The molecule has 0 saturated heterocycles. The van der Waals surface area contributed by atoms with Crippen molar-refractivity contribution in [3.05, 3.63) is 24.3 Å². The summed E-state index contributed by atoms with van der Waals surface area (Å²) in [4.78, 5) is 0. The number of benzene rings is 1. The molecule has 2 atom stereocenters. The first-order valence-electron chi connectivity index (χ1n) is 6.86. The van der Waals surface area contributed by atoms with Crippen molar-refractivity contribution < 1.29 is 9.47 Å². The summed E-state index contributed by atoms with van der Waals surface area (Å²) in [6.45, 7) is 0.615. The fourth-order valence-corrected chi connectivity index (χ4v) is 2.87. The van der Waals surface area contributed by atoms with E-state index in [-0.39, 0.29) is 5.54 Å². The van der Waals surface area contributed by atoms with E-state index in [4.69, 9.17) is 15.2 Å². The summed E-state index contributed by atoms with van der Waals surface area (Å²) in [5.74, 6) is 0.858. The predicted octanol–water partition coefficient (Wildman–Crippen LogP) is 2.39. The Bertz CT molecular complexity index is 411. The third kappa shape index (κ3) is 3.39. The SMILES string of the molecule is COc1cccc(NC2(CN)CCCC(OC)C2)c1. The van der Waals surface area contributed by atoms with Gasteiger partial charge >= 0.3 is 0 Å². The van der Waals surface area contributed by atoms with E-state index < -0.39 is 0 Å². The van der Waals surface area contributed by atoms with Crippen molar-refractivity contribution >= 4 is 5.69 Å². The first-order valence-corrected chi connectivity index (χ1v) is 6.86. The number of anilines is 1. The normalized spacial score (nSPS) is 27.0. The van der Waals surface area contributed by atoms with E-state index in [0.29, 0.717) is 12.6 Å². The minimum absolute atomic E-state index is 0.0642. The van der Waals surface area contributed by atoms with Crippen molar-refractivity contribution in [1.82, 2.24) is 0 Å². The van der Waals surface area contributed by atoms with E-state index >= 15 is 0 Å². The maximum absolute atomic E-state index is 6.02. The molecule has 0 bridgehead atoms. The highest BCUT2D eigenvalue weighted by Gasteiger charge is 2.35. The molecular weight excluding hydrogens is 240 g/mol. The van der Waals surface area contributed by atoms with E-state index in [1.54, 1.807) is 14.2 Å². The van der Waals surface area contributed by atoms with Gasteiger partial charge < -0.3 is 20.5 Å². The van der Waals surface area contributed by atoms with E-state index in [1.807, 2.05) is 18.2 Å². The second-order valence-corrected chi connectivity index (χ2v) is 5.30. The molecule has 1 fully saturated rings. The molecule has 1 aromatic rings. The van der Waals surface area contributed by atoms with Gasteiger partial charge in [0.15, 0.2) is 0 Å². The largest absolute Gasteiger partial charge is 0.497 e. The maximum atomic E-state index is 6.02. The number of rotatable bonds is 5. The standard InChI is InChI=1S/C15H24N2O2/c1-18-13-6-3-5-12(9-13)17-15(11-16)8-4-7-14(10-15)19-2/h3,5-6,9,14,17H,4,7-8,10-11,16H2,1-2H3. The Morgan fingerprint density at radius 2 is 2.26 bits per heavy atom. The zero-order chi connectivity index (χ0) is 13.7. The second kappa shape index (κ2) is 6.26. The van der Waals surface area contributed by atoms with Crippen LogP contribution < -0.4 is 15.8 Å². The summed E-state index contributed by atoms with van der Waals surface area (Å²) in [5, 5.41) is 3.60. The minimum Gasteiger partial charge on any atom is -0.497 e. The first-order chi connectivity index (χ1) is 9.21. The van der Waals surface area contributed by atoms with Crippen LogP contribution in [0.3, 0.4) is 0 Å². The molecule has 0 radical (unpaired) electrons. The van der Waals surface area contributed by atoms with Crippen molar-refractivity contribution in [2.24, 2.45) is 5.73 Å². The number of hydrogen-bond acceptors (Lipinski definition) is 4. The fraction of sp³-hybridized carbons (Fsp3) is 0.600. The van der Waals surface area contributed by atoms with E-state index in [1.165, 1.54) is 0 Å². The molecule has 1 saturated carbocycles. The summed E-state index contributed by atoms with van der Waals surface area (Å²) in [6.07, 6.45) is 4.61. The van der Waals surface area contributed by atoms with E-state index in [0.717, 1.165) is 37.1 Å². The second-order valence-electron chi connectivity index (χ2n) is 5.30. The predicted molar refractivity (Wildman–Crippen MR) is 77.7 cm³/mol. The van der Waals surface area contributed by atoms with Gasteiger partial charge in [-0.25, -0.2) is 0 Å². The summed E-state index contributed by atoms with van der Waals surface area (Å²) in [6, 6.07) is 7.99. The molecule has 2 unspecified atom stereocenters. The van der Waals surface area contributed by atoms with Crippen LogP contribution >= 0.6 is 0 Å². The lowest BCUT2D eigenvalue weighted by atomic mass is 9.80. The van der Waals surface area contributed by atoms with Crippen LogP contribution in [0.4, 0.5) is 5.69 Å². The van der Waals surface area contributed by atoms with Crippen molar-refractivity contribution in [1.29, 1.82) is 0 Å². The minimum atomic E-state index is -0.0642. The zero-order valence-electron chi connectivity index (χ0n) is 11.8. The Hall–Kier alpha value is -1.26. The Balaban J connectivity index is 2.12. The highest BCUT2D eigenvalue weighted by Crippen LogP contribution is 2.33. The molecule has 4 nitrogen and oxygen atoms in total. The number of ether oxygens (including phenoxy) is 2. The van der Waals surface area contributed by atoms with Crippen LogP contribution in [0.5, 0.6) is 5.75 Å². The molecule has 3 N–H and O–H groups in total. The van der Waals surface area contributed by atoms with Crippen LogP contribution in [0.2, 0.25) is 0 Å². The average molecular weight is 264 g/mol. The van der Waals surface area contributed by atoms with Gasteiger partial charge in [-0.1, -0.05) is 6.07 Å². The number of nitrogens with two attached hydrogens (primary N) is 1. The van der Waals surface area contributed by atoms with Gasteiger partial charge in [0.25, 0.3) is 0 Å². The Kier molecular flexibility index (Phi) is 4.66. The zero-order valence-corrected chi connectivity index (χ0v) is 11.8. The molecule has 106 valence electrons. The monoisotopic (exact) mass is 264 g/mol. The average Bonchev–Trinajstić information content (AvgIpc) is 2.47. The summed E-state index contributed by atoms with van der Waals surface area (Å²) < 4.78 is 10.8. The fourth-order valence-electron chi connectivity index (χ4n) is 2.87. The highest BCUT2D eigenvalue weighted by atomic mass is 16.5. The highest BCUT2D eigenvalue weighted by molar-refractivity contribution is 5.50. The molecule has 4 heteroatoms. The molecule has 0 amide bonds. The number of nitrogens with one attached hydrogen (secondary N) is 1. The van der Waals surface area contributed by atoms with Crippen molar-refractivity contribution in [2.45, 2.75) is 37.3 Å². The molecular formula is C15H24N2O2. The van der Waals surface area contributed by atoms with E-state index in [9.17, 15) is 0 Å². The van der Waals surface area contributed by atoms with Crippen molar-refractivity contribution in [2.75, 3.05) is 26.1 Å². The molecule has 0 aliphatic heterocycles. The molecule has 1 aliphatic rings. The van der Waals surface area contributed by atoms with Gasteiger partial charge in [-0.15, -0.1) is 0 Å². The third-order valence-corrected chi connectivity index (χ3v) is 4.00. The van der Waals surface area contributed by atoms with Gasteiger partial charge in [0.1, 0.15) is 5.75 Å². The lowest BCUT2D eigenvalue weighted by Gasteiger charge is -2.41. The van der Waals surface area contributed by atoms with Gasteiger partial charge in [-0.05, 0) is 37.8 Å². The van der Waals surface area contributed by atoms with Crippen molar-refractivity contribution in [3.8, 4) is 5.75 Å². The quantitative estimate of drug-likeness (QED) is 0.857. The number of methoxy groups -OCH3 is 2. The Morgan fingerprint density at radius 3 is 2.95 bits per heavy atom. The number of hydrogen-bond donors (Lipinski definition) is 2. The van der Waals surface area contributed by atoms with Gasteiger partial charge in [-0.2, -0.15) is 0 Å². The molecule has 0 aromatic heterocycles. The molecule has 1 aliphatic carbocycles. The van der Waals surface area contributed by atoms with Crippen LogP contribution in [-0.2, 0) is 4.74 Å². The molecule has 0 heterocycles. The molecule has 1 aromatic carbocycles. The summed E-state index contributed by atoms with van der Waals surface area (Å²) in [7, 11) is 3.46. The molecule has 19 heavy (non-hydrogen) atoms. The maximum Gasteiger partial charge on any atom is 0.120 e. The summed E-state index contributed by atoms with van der Waals surface area (Å²) >= 11 is 0. The van der Waals surface area contributed by atoms with Crippen LogP contribution in [0, 0.1) is 0 Å². The first kappa shape index (κ1) is 14.2. The third-order valence-electron chi connectivity index (χ3n) is 4.00. The topological polar surface area (TPSA) is 56.5 Å². The lowest BCUT2D eigenvalue weighted by molar-refractivity contribution is 0.0483. The smallest absolute Gasteiger partial charge is 0.120 e. The van der Waals surface area contributed by atoms with Crippen LogP contribution in [0.25, 0.3) is 0 Å². The van der Waals surface area contributed by atoms with Gasteiger partial charge in [0.2, 0.25) is 0 Å². The van der Waals surface area contributed by atoms with Gasteiger partial charge in [-0.3, -0.25) is 0 Å². The molecule has 0 spiro atoms. The van der Waals surface area contributed by atoms with E-state index in [2.05, 4.69) is 11.4 Å².